The van der Waals surface area contributed by atoms with Gasteiger partial charge in [0.1, 0.15) is 0 Å². The SMILES string of the molecule is CCc1ccccc1C(=O)N(CCCN)c1ccccc1. The standard InChI is InChI=1S/C18H22N2O/c1-2-15-9-6-7-12-17(15)18(21)20(14-8-13-19)16-10-4-3-5-11-16/h3-7,9-12H,2,8,13-14,19H2,1H3. The van der Waals surface area contributed by atoms with Crippen molar-refractivity contribution in [3.8, 4) is 0 Å². The van der Waals surface area contributed by atoms with E-state index in [-0.39, 0.29) is 5.91 Å². The zero-order valence-electron chi connectivity index (χ0n) is 12.5. The highest BCUT2D eigenvalue weighted by atomic mass is 16.2. The molecule has 21 heavy (non-hydrogen) atoms. The first kappa shape index (κ1) is 15.3. The predicted octanol–water partition coefficient (Wildman–Crippen LogP) is 3.24. The van der Waals surface area contributed by atoms with Gasteiger partial charge in [0, 0.05) is 17.8 Å². The van der Waals surface area contributed by atoms with Crippen LogP contribution in [0.25, 0.3) is 0 Å². The molecule has 0 saturated carbocycles. The molecule has 3 nitrogen and oxygen atoms in total. The van der Waals surface area contributed by atoms with E-state index in [1.807, 2.05) is 59.5 Å². The van der Waals surface area contributed by atoms with Crippen molar-refractivity contribution in [3.63, 3.8) is 0 Å². The molecular formula is C18H22N2O. The quantitative estimate of drug-likeness (QED) is 0.884. The topological polar surface area (TPSA) is 46.3 Å². The average Bonchev–Trinajstić information content (AvgIpc) is 2.56. The second-order valence-corrected chi connectivity index (χ2v) is 4.95. The van der Waals surface area contributed by atoms with E-state index in [1.54, 1.807) is 0 Å². The Morgan fingerprint density at radius 3 is 2.38 bits per heavy atom. The van der Waals surface area contributed by atoms with Crippen LogP contribution in [0.1, 0.15) is 29.3 Å². The Balaban J connectivity index is 2.34. The predicted molar refractivity (Wildman–Crippen MR) is 87.6 cm³/mol. The molecule has 0 atom stereocenters. The fourth-order valence-corrected chi connectivity index (χ4v) is 2.39. The van der Waals surface area contributed by atoms with Gasteiger partial charge in [0.05, 0.1) is 0 Å². The van der Waals surface area contributed by atoms with Gasteiger partial charge in [-0.15, -0.1) is 0 Å². The van der Waals surface area contributed by atoms with Crippen LogP contribution in [0.5, 0.6) is 0 Å². The summed E-state index contributed by atoms with van der Waals surface area (Å²) in [4.78, 5) is 14.7. The monoisotopic (exact) mass is 282 g/mol. The van der Waals surface area contributed by atoms with Crippen molar-refractivity contribution in [2.75, 3.05) is 18.0 Å². The number of nitrogens with two attached hydrogens (primary N) is 1. The number of carbonyl (C=O) groups is 1. The summed E-state index contributed by atoms with van der Waals surface area (Å²) in [5.41, 5.74) is 8.39. The number of hydrogen-bond acceptors (Lipinski definition) is 2. The molecule has 2 aromatic rings. The summed E-state index contributed by atoms with van der Waals surface area (Å²) in [6, 6.07) is 17.6. The van der Waals surface area contributed by atoms with E-state index in [0.29, 0.717) is 13.1 Å². The van der Waals surface area contributed by atoms with E-state index in [4.69, 9.17) is 5.73 Å². The highest BCUT2D eigenvalue weighted by molar-refractivity contribution is 6.07. The molecule has 0 bridgehead atoms. The summed E-state index contributed by atoms with van der Waals surface area (Å²) < 4.78 is 0. The van der Waals surface area contributed by atoms with E-state index in [2.05, 4.69) is 6.92 Å². The number of hydrogen-bond donors (Lipinski definition) is 1. The maximum Gasteiger partial charge on any atom is 0.258 e. The van der Waals surface area contributed by atoms with Crippen molar-refractivity contribution in [1.29, 1.82) is 0 Å². The van der Waals surface area contributed by atoms with E-state index in [1.165, 1.54) is 0 Å². The Labute approximate surface area is 126 Å². The van der Waals surface area contributed by atoms with Crippen molar-refractivity contribution < 1.29 is 4.79 Å². The van der Waals surface area contributed by atoms with E-state index >= 15 is 0 Å². The number of anilines is 1. The summed E-state index contributed by atoms with van der Waals surface area (Å²) in [6.45, 7) is 3.28. The van der Waals surface area contributed by atoms with Gasteiger partial charge in [-0.2, -0.15) is 0 Å². The summed E-state index contributed by atoms with van der Waals surface area (Å²) in [5.74, 6) is 0.0482. The number of nitrogens with zero attached hydrogens (tertiary/aromatic N) is 1. The summed E-state index contributed by atoms with van der Waals surface area (Å²) in [7, 11) is 0. The molecule has 2 aromatic carbocycles. The van der Waals surface area contributed by atoms with Crippen molar-refractivity contribution in [3.05, 3.63) is 65.7 Å². The molecule has 2 N–H and O–H groups in total. The zero-order valence-corrected chi connectivity index (χ0v) is 12.5. The Bertz CT molecular complexity index is 581. The second-order valence-electron chi connectivity index (χ2n) is 4.95. The molecule has 3 heteroatoms. The van der Waals surface area contributed by atoms with Gasteiger partial charge in [-0.05, 0) is 43.1 Å². The number of benzene rings is 2. The van der Waals surface area contributed by atoms with E-state index < -0.39 is 0 Å². The lowest BCUT2D eigenvalue weighted by molar-refractivity contribution is 0.0986. The van der Waals surface area contributed by atoms with Crippen LogP contribution >= 0.6 is 0 Å². The normalized spacial score (nSPS) is 10.4. The molecule has 0 aliphatic rings. The van der Waals surface area contributed by atoms with E-state index in [0.717, 1.165) is 29.7 Å². The Morgan fingerprint density at radius 2 is 1.71 bits per heavy atom. The highest BCUT2D eigenvalue weighted by Gasteiger charge is 2.19. The van der Waals surface area contributed by atoms with Crippen molar-refractivity contribution >= 4 is 11.6 Å². The Morgan fingerprint density at radius 1 is 1.05 bits per heavy atom. The number of para-hydroxylation sites is 1. The lowest BCUT2D eigenvalue weighted by Crippen LogP contribution is -2.33. The van der Waals surface area contributed by atoms with Crippen LogP contribution in [-0.2, 0) is 6.42 Å². The lowest BCUT2D eigenvalue weighted by atomic mass is 10.0. The third kappa shape index (κ3) is 3.70. The van der Waals surface area contributed by atoms with Crippen LogP contribution in [0.4, 0.5) is 5.69 Å². The second kappa shape index (κ2) is 7.60. The first-order valence-corrected chi connectivity index (χ1v) is 7.42. The van der Waals surface area contributed by atoms with Crippen LogP contribution in [0, 0.1) is 0 Å². The number of aryl methyl sites for hydroxylation is 1. The Hall–Kier alpha value is -2.13. The molecule has 0 heterocycles. The Kier molecular flexibility index (Phi) is 5.52. The first-order valence-electron chi connectivity index (χ1n) is 7.42. The average molecular weight is 282 g/mol. The minimum atomic E-state index is 0.0482. The van der Waals surface area contributed by atoms with Crippen LogP contribution < -0.4 is 10.6 Å². The molecule has 1 amide bonds. The molecule has 0 aliphatic heterocycles. The van der Waals surface area contributed by atoms with Gasteiger partial charge in [-0.1, -0.05) is 43.3 Å². The molecule has 0 unspecified atom stereocenters. The number of carbonyl (C=O) groups excluding carboxylic acids is 1. The van der Waals surface area contributed by atoms with Gasteiger partial charge in [0.15, 0.2) is 0 Å². The zero-order chi connectivity index (χ0) is 15.1. The van der Waals surface area contributed by atoms with Gasteiger partial charge < -0.3 is 10.6 Å². The summed E-state index contributed by atoms with van der Waals surface area (Å²) >= 11 is 0. The van der Waals surface area contributed by atoms with Crippen LogP contribution in [0.15, 0.2) is 54.6 Å². The van der Waals surface area contributed by atoms with Crippen LogP contribution in [0.3, 0.4) is 0 Å². The maximum atomic E-state index is 12.9. The van der Waals surface area contributed by atoms with Crippen molar-refractivity contribution in [2.24, 2.45) is 5.73 Å². The molecule has 0 spiro atoms. The molecule has 0 aliphatic carbocycles. The summed E-state index contributed by atoms with van der Waals surface area (Å²) in [6.07, 6.45) is 1.64. The lowest BCUT2D eigenvalue weighted by Gasteiger charge is -2.24. The molecule has 0 fully saturated rings. The van der Waals surface area contributed by atoms with E-state index in [9.17, 15) is 4.79 Å². The first-order chi connectivity index (χ1) is 10.3. The largest absolute Gasteiger partial charge is 0.330 e. The van der Waals surface area contributed by atoms with Crippen LogP contribution in [0.2, 0.25) is 0 Å². The third-order valence-corrected chi connectivity index (χ3v) is 3.53. The molecular weight excluding hydrogens is 260 g/mol. The smallest absolute Gasteiger partial charge is 0.258 e. The minimum absolute atomic E-state index is 0.0482. The molecule has 0 radical (unpaired) electrons. The fraction of sp³-hybridized carbons (Fsp3) is 0.278. The highest BCUT2D eigenvalue weighted by Crippen LogP contribution is 2.19. The van der Waals surface area contributed by atoms with Gasteiger partial charge in [0.2, 0.25) is 0 Å². The minimum Gasteiger partial charge on any atom is -0.330 e. The summed E-state index contributed by atoms with van der Waals surface area (Å²) in [5, 5.41) is 0. The van der Waals surface area contributed by atoms with Gasteiger partial charge >= 0.3 is 0 Å². The molecule has 0 saturated heterocycles. The van der Waals surface area contributed by atoms with Gasteiger partial charge in [0.25, 0.3) is 5.91 Å². The fourth-order valence-electron chi connectivity index (χ4n) is 2.39. The van der Waals surface area contributed by atoms with Crippen molar-refractivity contribution in [2.45, 2.75) is 19.8 Å². The van der Waals surface area contributed by atoms with Crippen LogP contribution in [-0.4, -0.2) is 19.0 Å². The molecule has 2 rings (SSSR count). The maximum absolute atomic E-state index is 12.9. The third-order valence-electron chi connectivity index (χ3n) is 3.53. The number of amides is 1. The molecule has 0 aromatic heterocycles. The number of rotatable bonds is 6. The van der Waals surface area contributed by atoms with Crippen molar-refractivity contribution in [1.82, 2.24) is 0 Å². The molecule has 110 valence electrons. The van der Waals surface area contributed by atoms with Gasteiger partial charge in [-0.25, -0.2) is 0 Å². The van der Waals surface area contributed by atoms with Gasteiger partial charge in [-0.3, -0.25) is 4.79 Å².